The van der Waals surface area contributed by atoms with E-state index in [-0.39, 0.29) is 0 Å². The van der Waals surface area contributed by atoms with Crippen LogP contribution in [-0.2, 0) is 14.3 Å². The summed E-state index contributed by atoms with van der Waals surface area (Å²) >= 11 is 0. The highest BCUT2D eigenvalue weighted by molar-refractivity contribution is 5.81. The molecular weight excluding hydrogens is 282 g/mol. The van der Waals surface area contributed by atoms with Gasteiger partial charge in [0.25, 0.3) is 0 Å². The fourth-order valence-corrected chi connectivity index (χ4v) is 2.92. The Labute approximate surface area is 134 Å². The molecule has 1 saturated carbocycles. The van der Waals surface area contributed by atoms with E-state index in [0.717, 1.165) is 12.8 Å². The summed E-state index contributed by atoms with van der Waals surface area (Å²) in [6.45, 7) is 5.40. The van der Waals surface area contributed by atoms with Gasteiger partial charge in [-0.15, -0.1) is 0 Å². The lowest BCUT2D eigenvalue weighted by atomic mass is 9.86. The highest BCUT2D eigenvalue weighted by Gasteiger charge is 2.27. The van der Waals surface area contributed by atoms with Gasteiger partial charge in [-0.2, -0.15) is 0 Å². The molecule has 0 aromatic carbocycles. The van der Waals surface area contributed by atoms with Crippen molar-refractivity contribution in [2.24, 2.45) is 5.92 Å². The number of carbonyl (C=O) groups excluding carboxylic acids is 2. The maximum absolute atomic E-state index is 11.9. The normalized spacial score (nSPS) is 18.7. The number of alkyl carbamates (subject to hydrolysis) is 1. The van der Waals surface area contributed by atoms with Gasteiger partial charge in [-0.1, -0.05) is 44.9 Å². The lowest BCUT2D eigenvalue weighted by Gasteiger charge is -2.26. The summed E-state index contributed by atoms with van der Waals surface area (Å²) < 4.78 is 10.1. The van der Waals surface area contributed by atoms with Gasteiger partial charge in [-0.05, 0) is 33.1 Å². The quantitative estimate of drug-likeness (QED) is 0.802. The van der Waals surface area contributed by atoms with Gasteiger partial charge in [-0.3, -0.25) is 0 Å². The van der Waals surface area contributed by atoms with Crippen LogP contribution in [0.2, 0.25) is 0 Å². The molecule has 0 heterocycles. The Morgan fingerprint density at radius 3 is 2.14 bits per heavy atom. The molecule has 1 aliphatic rings. The first-order chi connectivity index (χ1) is 10.3. The minimum absolute atomic E-state index is 0.395. The van der Waals surface area contributed by atoms with Crippen LogP contribution in [0.1, 0.15) is 72.1 Å². The smallest absolute Gasteiger partial charge is 0.408 e. The van der Waals surface area contributed by atoms with Crippen molar-refractivity contribution in [1.29, 1.82) is 0 Å². The van der Waals surface area contributed by atoms with Crippen molar-refractivity contribution in [2.45, 2.75) is 83.8 Å². The number of rotatable bonds is 4. The van der Waals surface area contributed by atoms with Gasteiger partial charge in [0.1, 0.15) is 11.6 Å². The second-order valence-electron chi connectivity index (χ2n) is 7.17. The van der Waals surface area contributed by atoms with Crippen molar-refractivity contribution in [3.63, 3.8) is 0 Å². The zero-order chi connectivity index (χ0) is 16.6. The van der Waals surface area contributed by atoms with E-state index in [1.54, 1.807) is 20.8 Å². The number of amides is 1. The Kier molecular flexibility index (Phi) is 7.69. The molecule has 1 rings (SSSR count). The summed E-state index contributed by atoms with van der Waals surface area (Å²) in [4.78, 5) is 23.9. The lowest BCUT2D eigenvalue weighted by molar-refractivity contribution is -0.143. The Balaban J connectivity index is 2.59. The van der Waals surface area contributed by atoms with Crippen molar-refractivity contribution in [3.05, 3.63) is 0 Å². The van der Waals surface area contributed by atoms with E-state index >= 15 is 0 Å². The van der Waals surface area contributed by atoms with Crippen LogP contribution in [-0.4, -0.2) is 30.8 Å². The monoisotopic (exact) mass is 313 g/mol. The number of esters is 1. The van der Waals surface area contributed by atoms with Gasteiger partial charge in [0, 0.05) is 0 Å². The van der Waals surface area contributed by atoms with Crippen molar-refractivity contribution in [2.75, 3.05) is 7.11 Å². The number of hydrogen-bond acceptors (Lipinski definition) is 4. The molecular formula is C17H31NO4. The van der Waals surface area contributed by atoms with Crippen LogP contribution in [0.4, 0.5) is 4.79 Å². The van der Waals surface area contributed by atoms with Crippen molar-refractivity contribution in [3.8, 4) is 0 Å². The molecule has 22 heavy (non-hydrogen) atoms. The highest BCUT2D eigenvalue weighted by Crippen LogP contribution is 2.26. The summed E-state index contributed by atoms with van der Waals surface area (Å²) in [6, 6.07) is -0.621. The molecule has 1 amide bonds. The fraction of sp³-hybridized carbons (Fsp3) is 0.882. The van der Waals surface area contributed by atoms with E-state index in [1.807, 2.05) is 0 Å². The zero-order valence-corrected chi connectivity index (χ0v) is 14.4. The maximum Gasteiger partial charge on any atom is 0.408 e. The molecule has 1 aliphatic carbocycles. The average molecular weight is 313 g/mol. The maximum atomic E-state index is 11.9. The highest BCUT2D eigenvalue weighted by atomic mass is 16.6. The van der Waals surface area contributed by atoms with Gasteiger partial charge >= 0.3 is 12.1 Å². The molecule has 0 aromatic rings. The molecule has 0 aliphatic heterocycles. The molecule has 1 atom stereocenters. The summed E-state index contributed by atoms with van der Waals surface area (Å²) in [5, 5.41) is 2.67. The van der Waals surface area contributed by atoms with Crippen LogP contribution in [0.25, 0.3) is 0 Å². The second kappa shape index (κ2) is 9.01. The van der Waals surface area contributed by atoms with Gasteiger partial charge in [0.15, 0.2) is 0 Å². The van der Waals surface area contributed by atoms with Crippen LogP contribution in [0.5, 0.6) is 0 Å². The number of nitrogens with one attached hydrogen (secondary N) is 1. The molecule has 128 valence electrons. The number of methoxy groups -OCH3 is 1. The summed E-state index contributed by atoms with van der Waals surface area (Å²) in [5.74, 6) is 0.0623. The van der Waals surface area contributed by atoms with Crippen LogP contribution in [0, 0.1) is 5.92 Å². The number of hydrogen-bond donors (Lipinski definition) is 1. The van der Waals surface area contributed by atoms with Crippen LogP contribution < -0.4 is 5.32 Å². The van der Waals surface area contributed by atoms with E-state index in [0.29, 0.717) is 12.3 Å². The lowest BCUT2D eigenvalue weighted by Crippen LogP contribution is -2.45. The molecule has 0 bridgehead atoms. The molecule has 1 N–H and O–H groups in total. The predicted octanol–water partition coefficient (Wildman–Crippen LogP) is 3.80. The largest absolute Gasteiger partial charge is 0.467 e. The molecule has 1 unspecified atom stereocenters. The van der Waals surface area contributed by atoms with Crippen molar-refractivity contribution < 1.29 is 19.1 Å². The molecule has 0 radical (unpaired) electrons. The van der Waals surface area contributed by atoms with E-state index in [9.17, 15) is 9.59 Å². The predicted molar refractivity (Wildman–Crippen MR) is 85.6 cm³/mol. The second-order valence-corrected chi connectivity index (χ2v) is 7.17. The Morgan fingerprint density at radius 2 is 1.64 bits per heavy atom. The first-order valence-corrected chi connectivity index (χ1v) is 8.39. The third-order valence-electron chi connectivity index (χ3n) is 3.97. The van der Waals surface area contributed by atoms with E-state index in [2.05, 4.69) is 5.32 Å². The average Bonchev–Trinajstić information content (AvgIpc) is 2.37. The van der Waals surface area contributed by atoms with Crippen LogP contribution >= 0.6 is 0 Å². The summed E-state index contributed by atoms with van der Waals surface area (Å²) in [6.07, 6.45) is 8.53. The molecule has 0 aromatic heterocycles. The SMILES string of the molecule is COC(=O)C(CC1CCCCCCC1)NC(=O)OC(C)(C)C. The van der Waals surface area contributed by atoms with Crippen molar-refractivity contribution >= 4 is 12.1 Å². The Bertz CT molecular complexity index is 354. The van der Waals surface area contributed by atoms with Gasteiger partial charge in [0.2, 0.25) is 0 Å². The molecule has 5 heteroatoms. The third-order valence-corrected chi connectivity index (χ3v) is 3.97. The Hall–Kier alpha value is -1.26. The summed E-state index contributed by atoms with van der Waals surface area (Å²) in [7, 11) is 1.35. The van der Waals surface area contributed by atoms with E-state index in [4.69, 9.17) is 9.47 Å². The number of ether oxygens (including phenoxy) is 2. The standard InChI is InChI=1S/C17H31NO4/c1-17(2,3)22-16(20)18-14(15(19)21-4)12-13-10-8-6-5-7-9-11-13/h13-14H,5-12H2,1-4H3,(H,18,20). The molecule has 0 spiro atoms. The van der Waals surface area contributed by atoms with Crippen LogP contribution in [0.3, 0.4) is 0 Å². The Morgan fingerprint density at radius 1 is 1.09 bits per heavy atom. The van der Waals surface area contributed by atoms with Gasteiger partial charge < -0.3 is 14.8 Å². The fourth-order valence-electron chi connectivity index (χ4n) is 2.92. The topological polar surface area (TPSA) is 64.6 Å². The first-order valence-electron chi connectivity index (χ1n) is 8.39. The molecule has 5 nitrogen and oxygen atoms in total. The third kappa shape index (κ3) is 7.66. The minimum atomic E-state index is -0.621. The number of carbonyl (C=O) groups is 2. The van der Waals surface area contributed by atoms with Gasteiger partial charge in [0.05, 0.1) is 7.11 Å². The molecule has 0 saturated heterocycles. The summed E-state index contributed by atoms with van der Waals surface area (Å²) in [5.41, 5.74) is -0.578. The molecule has 1 fully saturated rings. The first kappa shape index (κ1) is 18.8. The minimum Gasteiger partial charge on any atom is -0.467 e. The van der Waals surface area contributed by atoms with Gasteiger partial charge in [-0.25, -0.2) is 9.59 Å². The van der Waals surface area contributed by atoms with Crippen molar-refractivity contribution in [1.82, 2.24) is 5.32 Å². The van der Waals surface area contributed by atoms with E-state index < -0.39 is 23.7 Å². The van der Waals surface area contributed by atoms with E-state index in [1.165, 1.54) is 39.2 Å². The zero-order valence-electron chi connectivity index (χ0n) is 14.4. The van der Waals surface area contributed by atoms with Crippen LogP contribution in [0.15, 0.2) is 0 Å².